The number of aldehydes is 1. The van der Waals surface area contributed by atoms with Crippen molar-refractivity contribution in [2.45, 2.75) is 33.3 Å². The lowest BCUT2D eigenvalue weighted by atomic mass is 10.2. The molecule has 1 fully saturated rings. The number of carbonyl (C=O) groups excluding carboxylic acids is 2. The van der Waals surface area contributed by atoms with Gasteiger partial charge >= 0.3 is 6.09 Å². The number of hydrazone groups is 2. The van der Waals surface area contributed by atoms with Gasteiger partial charge in [0.2, 0.25) is 5.13 Å². The van der Waals surface area contributed by atoms with Crippen LogP contribution >= 0.6 is 11.3 Å². The highest BCUT2D eigenvalue weighted by Gasteiger charge is 2.26. The number of carbonyl (C=O) groups is 2. The number of anilines is 3. The number of para-hydroxylation sites is 2. The molecule has 1 aliphatic heterocycles. The number of amides is 1. The highest BCUT2D eigenvalue weighted by molar-refractivity contribution is 7.14. The van der Waals surface area contributed by atoms with Gasteiger partial charge in [-0.2, -0.15) is 10.2 Å². The predicted octanol–water partition coefficient (Wildman–Crippen LogP) is 5.32. The van der Waals surface area contributed by atoms with E-state index in [4.69, 9.17) is 4.74 Å². The van der Waals surface area contributed by atoms with Crippen molar-refractivity contribution in [1.29, 1.82) is 0 Å². The van der Waals surface area contributed by atoms with Crippen LogP contribution in [0.3, 0.4) is 0 Å². The lowest BCUT2D eigenvalue weighted by Gasteiger charge is -2.37. The van der Waals surface area contributed by atoms with Gasteiger partial charge in [0.25, 0.3) is 0 Å². The molecule has 0 unspecified atom stereocenters. The molecule has 3 aromatic rings. The first-order valence-electron chi connectivity index (χ1n) is 12.7. The summed E-state index contributed by atoms with van der Waals surface area (Å²) in [6.45, 7) is 9.67. The Labute approximate surface area is 232 Å². The fourth-order valence-electron chi connectivity index (χ4n) is 3.87. The van der Waals surface area contributed by atoms with Gasteiger partial charge in [0.15, 0.2) is 6.29 Å². The number of thiazole rings is 1. The first-order chi connectivity index (χ1) is 18.7. The first kappa shape index (κ1) is 27.8. The van der Waals surface area contributed by atoms with Crippen LogP contribution in [0.4, 0.5) is 21.3 Å². The van der Waals surface area contributed by atoms with Crippen LogP contribution in [0.15, 0.2) is 70.2 Å². The smallest absolute Gasteiger partial charge is 0.410 e. The molecule has 39 heavy (non-hydrogen) atoms. The molecule has 0 saturated carbocycles. The van der Waals surface area contributed by atoms with Crippen molar-refractivity contribution in [3.63, 3.8) is 0 Å². The molecule has 1 aliphatic rings. The fourth-order valence-corrected chi connectivity index (χ4v) is 4.53. The van der Waals surface area contributed by atoms with Gasteiger partial charge < -0.3 is 14.5 Å². The molecule has 1 saturated heterocycles. The quantitative estimate of drug-likeness (QED) is 0.223. The molecule has 1 amide bonds. The van der Waals surface area contributed by atoms with Crippen LogP contribution in [-0.2, 0) is 9.53 Å². The van der Waals surface area contributed by atoms with Crippen LogP contribution in [0.5, 0.6) is 0 Å². The molecule has 0 aliphatic carbocycles. The summed E-state index contributed by atoms with van der Waals surface area (Å²) < 4.78 is 5.50. The Balaban J connectivity index is 1.38. The lowest BCUT2D eigenvalue weighted by Crippen LogP contribution is -2.50. The summed E-state index contributed by atoms with van der Waals surface area (Å²) in [5.41, 5.74) is 9.53. The minimum atomic E-state index is -0.526. The highest BCUT2D eigenvalue weighted by atomic mass is 32.1. The van der Waals surface area contributed by atoms with Crippen molar-refractivity contribution >= 4 is 51.6 Å². The Kier molecular flexibility index (Phi) is 8.92. The average Bonchev–Trinajstić information content (AvgIpc) is 3.41. The van der Waals surface area contributed by atoms with Gasteiger partial charge in [0.1, 0.15) is 11.3 Å². The van der Waals surface area contributed by atoms with Crippen molar-refractivity contribution < 1.29 is 14.3 Å². The van der Waals surface area contributed by atoms with Crippen LogP contribution < -0.4 is 15.8 Å². The zero-order chi connectivity index (χ0) is 27.8. The summed E-state index contributed by atoms with van der Waals surface area (Å²) in [5.74, 6) is 0. The molecule has 11 heteroatoms. The maximum absolute atomic E-state index is 12.4. The lowest BCUT2D eigenvalue weighted by molar-refractivity contribution is -0.102. The third-order valence-electron chi connectivity index (χ3n) is 5.85. The number of hydrogen-bond donors (Lipinski definition) is 2. The number of rotatable bonds is 8. The molecule has 0 spiro atoms. The normalized spacial score (nSPS) is 14.7. The Morgan fingerprint density at radius 1 is 1.00 bits per heavy atom. The summed E-state index contributed by atoms with van der Waals surface area (Å²) in [6, 6.07) is 17.6. The van der Waals surface area contributed by atoms with Crippen LogP contribution in [-0.4, -0.2) is 65.5 Å². The minimum Gasteiger partial charge on any atom is -0.444 e. The molecule has 0 atom stereocenters. The molecular formula is C28H33N7O3S. The molecule has 1 aromatic heterocycles. The van der Waals surface area contributed by atoms with E-state index in [1.807, 2.05) is 80.7 Å². The average molecular weight is 548 g/mol. The number of hydrogen-bond acceptors (Lipinski definition) is 10. The van der Waals surface area contributed by atoms with E-state index in [1.165, 1.54) is 11.3 Å². The summed E-state index contributed by atoms with van der Waals surface area (Å²) in [7, 11) is 0. The van der Waals surface area contributed by atoms with Crippen LogP contribution in [0, 0.1) is 0 Å². The van der Waals surface area contributed by atoms with Crippen molar-refractivity contribution in [3.8, 4) is 11.3 Å². The number of piperazine rings is 1. The molecule has 2 aromatic carbocycles. The van der Waals surface area contributed by atoms with E-state index in [-0.39, 0.29) is 11.8 Å². The molecule has 4 rings (SSSR count). The maximum Gasteiger partial charge on any atom is 0.410 e. The number of ether oxygens (including phenoxy) is 1. The zero-order valence-electron chi connectivity index (χ0n) is 22.5. The van der Waals surface area contributed by atoms with Crippen LogP contribution in [0.2, 0.25) is 0 Å². The van der Waals surface area contributed by atoms with E-state index >= 15 is 0 Å². The minimum absolute atomic E-state index is 0.159. The SMILES string of the molecule is CC(=N/Nc1nc(-c2ccccc2)cs1)/C(C=O)=N\Nc1ccccc1N1CCN(C(=O)OC(C)(C)C)CC1. The number of nitrogens with one attached hydrogen (secondary N) is 2. The molecule has 2 N–H and O–H groups in total. The Bertz CT molecular complexity index is 1340. The first-order valence-corrected chi connectivity index (χ1v) is 13.5. The van der Waals surface area contributed by atoms with Crippen molar-refractivity contribution in [1.82, 2.24) is 9.88 Å². The highest BCUT2D eigenvalue weighted by Crippen LogP contribution is 2.27. The third-order valence-corrected chi connectivity index (χ3v) is 6.60. The summed E-state index contributed by atoms with van der Waals surface area (Å²) in [5, 5.41) is 11.2. The molecule has 2 heterocycles. The second-order valence-corrected chi connectivity index (χ2v) is 10.8. The van der Waals surface area contributed by atoms with Crippen LogP contribution in [0.25, 0.3) is 11.3 Å². The standard InChI is InChI=1S/C28H33N7O3S/c1-20(30-33-26-29-24(19-39-26)21-10-6-5-7-11-21)23(18-36)32-31-22-12-8-9-13-25(22)34-14-16-35(17-15-34)27(37)38-28(2,3)4/h5-13,18-19,31H,14-17H2,1-4H3,(H,29,33)/b30-20-,32-23-. The molecule has 204 valence electrons. The number of benzene rings is 2. The molecule has 10 nitrogen and oxygen atoms in total. The van der Waals surface area contributed by atoms with Gasteiger partial charge in [-0.05, 0) is 39.8 Å². The Morgan fingerprint density at radius 3 is 2.38 bits per heavy atom. The van der Waals surface area contributed by atoms with E-state index in [0.29, 0.717) is 43.3 Å². The van der Waals surface area contributed by atoms with Crippen molar-refractivity contribution in [2.75, 3.05) is 41.9 Å². The third kappa shape index (κ3) is 7.64. The molecule has 0 bridgehead atoms. The van der Waals surface area contributed by atoms with E-state index in [1.54, 1.807) is 11.8 Å². The second kappa shape index (κ2) is 12.5. The van der Waals surface area contributed by atoms with E-state index in [2.05, 4.69) is 30.9 Å². The van der Waals surface area contributed by atoms with Gasteiger partial charge in [-0.1, -0.05) is 42.5 Å². The Morgan fingerprint density at radius 2 is 1.69 bits per heavy atom. The van der Waals surface area contributed by atoms with Gasteiger partial charge in [0, 0.05) is 37.1 Å². The summed E-state index contributed by atoms with van der Waals surface area (Å²) in [4.78, 5) is 32.7. The summed E-state index contributed by atoms with van der Waals surface area (Å²) in [6.07, 6.45) is 0.360. The Hall–Kier alpha value is -4.25. The topological polar surface area (TPSA) is 112 Å². The van der Waals surface area contributed by atoms with Gasteiger partial charge in [0.05, 0.1) is 22.8 Å². The van der Waals surface area contributed by atoms with Gasteiger partial charge in [-0.25, -0.2) is 9.78 Å². The predicted molar refractivity (Wildman–Crippen MR) is 158 cm³/mol. The van der Waals surface area contributed by atoms with Crippen molar-refractivity contribution in [3.05, 3.63) is 60.0 Å². The van der Waals surface area contributed by atoms with Crippen molar-refractivity contribution in [2.24, 2.45) is 10.2 Å². The monoisotopic (exact) mass is 547 g/mol. The van der Waals surface area contributed by atoms with E-state index in [0.717, 1.165) is 22.6 Å². The number of aromatic nitrogens is 1. The molecule has 0 radical (unpaired) electrons. The second-order valence-electron chi connectivity index (χ2n) is 9.91. The zero-order valence-corrected chi connectivity index (χ0v) is 23.4. The summed E-state index contributed by atoms with van der Waals surface area (Å²) >= 11 is 1.43. The maximum atomic E-state index is 12.4. The number of nitrogens with zero attached hydrogens (tertiary/aromatic N) is 5. The van der Waals surface area contributed by atoms with Gasteiger partial charge in [-0.3, -0.25) is 15.6 Å². The van der Waals surface area contributed by atoms with Crippen LogP contribution in [0.1, 0.15) is 27.7 Å². The fraction of sp³-hybridized carbons (Fsp3) is 0.321. The van der Waals surface area contributed by atoms with E-state index < -0.39 is 5.60 Å². The van der Waals surface area contributed by atoms with E-state index in [9.17, 15) is 9.59 Å². The largest absolute Gasteiger partial charge is 0.444 e. The molecular weight excluding hydrogens is 514 g/mol. The van der Waals surface area contributed by atoms with Gasteiger partial charge in [-0.15, -0.1) is 11.3 Å².